The predicted molar refractivity (Wildman–Crippen MR) is 107 cm³/mol. The Morgan fingerprint density at radius 1 is 1.14 bits per heavy atom. The van der Waals surface area contributed by atoms with Crippen molar-refractivity contribution >= 4 is 44.7 Å². The molecule has 2 N–H and O–H groups in total. The van der Waals surface area contributed by atoms with E-state index in [0.29, 0.717) is 10.6 Å². The van der Waals surface area contributed by atoms with E-state index in [2.05, 4.69) is 14.7 Å². The van der Waals surface area contributed by atoms with Crippen LogP contribution in [-0.4, -0.2) is 24.2 Å². The van der Waals surface area contributed by atoms with Crippen molar-refractivity contribution in [3.05, 3.63) is 86.0 Å². The highest BCUT2D eigenvalue weighted by molar-refractivity contribution is 7.92. The smallest absolute Gasteiger partial charge is 0.261 e. The van der Waals surface area contributed by atoms with Crippen molar-refractivity contribution < 1.29 is 13.2 Å². The number of aromatic nitrogens is 2. The average molecular weight is 438 g/mol. The van der Waals surface area contributed by atoms with Crippen molar-refractivity contribution in [1.29, 1.82) is 0 Å². The molecule has 0 amide bonds. The molecule has 0 spiro atoms. The molecule has 0 aliphatic carbocycles. The van der Waals surface area contributed by atoms with E-state index in [1.807, 2.05) is 0 Å². The highest BCUT2D eigenvalue weighted by atomic mass is 35.5. The number of nitrogens with zero attached hydrogens (tertiary/aromatic N) is 1. The number of ketones is 1. The van der Waals surface area contributed by atoms with Gasteiger partial charge in [-0.1, -0.05) is 23.2 Å². The number of nitrogens with one attached hydrogen (secondary N) is 2. The van der Waals surface area contributed by atoms with Crippen LogP contribution in [0, 0.1) is 6.92 Å². The third kappa shape index (κ3) is 4.24. The summed E-state index contributed by atoms with van der Waals surface area (Å²) >= 11 is 11.9. The van der Waals surface area contributed by atoms with Crippen LogP contribution in [0.3, 0.4) is 0 Å². The Morgan fingerprint density at radius 2 is 1.89 bits per heavy atom. The Kier molecular flexibility index (Phi) is 5.55. The summed E-state index contributed by atoms with van der Waals surface area (Å²) in [7, 11) is -4.04. The molecule has 144 valence electrons. The minimum Gasteiger partial charge on any atom is -0.329 e. The fourth-order valence-corrected chi connectivity index (χ4v) is 3.83. The topological polar surface area (TPSA) is 109 Å². The van der Waals surface area contributed by atoms with Gasteiger partial charge in [-0.2, -0.15) is 0 Å². The Balaban J connectivity index is 2.04. The predicted octanol–water partition coefficient (Wildman–Crippen LogP) is 3.42. The Labute approximate surface area is 170 Å². The van der Waals surface area contributed by atoms with Crippen molar-refractivity contribution in [1.82, 2.24) is 9.97 Å². The maximum Gasteiger partial charge on any atom is 0.261 e. The molecule has 2 heterocycles. The summed E-state index contributed by atoms with van der Waals surface area (Å²) in [6.45, 7) is 1.67. The number of anilines is 1. The zero-order valence-corrected chi connectivity index (χ0v) is 16.7. The molecule has 0 bridgehead atoms. The Hall–Kier alpha value is -2.68. The molecule has 1 aromatic carbocycles. The molecule has 0 aliphatic heterocycles. The van der Waals surface area contributed by atoms with Gasteiger partial charge in [0.15, 0.2) is 0 Å². The number of aromatic amines is 1. The van der Waals surface area contributed by atoms with Crippen molar-refractivity contribution in [3.8, 4) is 0 Å². The van der Waals surface area contributed by atoms with Gasteiger partial charge in [-0.3, -0.25) is 14.3 Å². The first-order chi connectivity index (χ1) is 13.2. The Morgan fingerprint density at radius 3 is 2.57 bits per heavy atom. The molecule has 28 heavy (non-hydrogen) atoms. The van der Waals surface area contributed by atoms with Gasteiger partial charge >= 0.3 is 0 Å². The van der Waals surface area contributed by atoms with Gasteiger partial charge in [0.05, 0.1) is 15.6 Å². The van der Waals surface area contributed by atoms with Gasteiger partial charge < -0.3 is 4.98 Å². The molecule has 3 aromatic rings. The van der Waals surface area contributed by atoms with E-state index in [1.54, 1.807) is 6.92 Å². The zero-order valence-electron chi connectivity index (χ0n) is 14.4. The highest BCUT2D eigenvalue weighted by Crippen LogP contribution is 2.26. The van der Waals surface area contributed by atoms with E-state index >= 15 is 0 Å². The van der Waals surface area contributed by atoms with Gasteiger partial charge in [0.2, 0.25) is 11.3 Å². The SMILES string of the molecule is Cc1cc(S(=O)(=O)Nc2cc(Cl)cnc2C(=O)c2cc[nH]c(=O)c2)ccc1Cl. The van der Waals surface area contributed by atoms with E-state index in [4.69, 9.17) is 23.2 Å². The maximum absolute atomic E-state index is 12.8. The first-order valence-electron chi connectivity index (χ1n) is 7.85. The second-order valence-electron chi connectivity index (χ2n) is 5.84. The molecule has 3 rings (SSSR count). The van der Waals surface area contributed by atoms with Crippen LogP contribution in [0.5, 0.6) is 0 Å². The molecular formula is C18H13Cl2N3O4S. The molecule has 7 nitrogen and oxygen atoms in total. The summed E-state index contributed by atoms with van der Waals surface area (Å²) in [5.74, 6) is -0.632. The van der Waals surface area contributed by atoms with E-state index in [-0.39, 0.29) is 26.9 Å². The molecule has 0 unspecified atom stereocenters. The van der Waals surface area contributed by atoms with E-state index in [0.717, 1.165) is 6.07 Å². The van der Waals surface area contributed by atoms with Crippen LogP contribution in [0.1, 0.15) is 21.6 Å². The third-order valence-corrected chi connectivity index (χ3v) is 5.78. The van der Waals surface area contributed by atoms with Crippen LogP contribution in [0.15, 0.2) is 58.5 Å². The molecule has 10 heteroatoms. The van der Waals surface area contributed by atoms with Crippen LogP contribution in [0.25, 0.3) is 0 Å². The fourth-order valence-electron chi connectivity index (χ4n) is 2.41. The summed E-state index contributed by atoms with van der Waals surface area (Å²) in [4.78, 5) is 30.5. The first kappa shape index (κ1) is 20.1. The quantitative estimate of drug-likeness (QED) is 0.594. The fraction of sp³-hybridized carbons (Fsp3) is 0.0556. The van der Waals surface area contributed by atoms with Crippen LogP contribution in [-0.2, 0) is 10.0 Å². The number of aryl methyl sites for hydroxylation is 1. The van der Waals surface area contributed by atoms with Gasteiger partial charge in [-0.15, -0.1) is 0 Å². The highest BCUT2D eigenvalue weighted by Gasteiger charge is 2.22. The maximum atomic E-state index is 12.8. The number of pyridine rings is 2. The van der Waals surface area contributed by atoms with Gasteiger partial charge in [0.1, 0.15) is 5.69 Å². The standard InChI is InChI=1S/C18H13Cl2N3O4S/c1-10-6-13(2-3-14(10)20)28(26,27)23-15-8-12(19)9-22-17(15)18(25)11-4-5-21-16(24)7-11/h2-9,23H,1H3,(H,21,24). The van der Waals surface area contributed by atoms with Crippen molar-refractivity contribution in [2.75, 3.05) is 4.72 Å². The summed E-state index contributed by atoms with van der Waals surface area (Å²) in [6.07, 6.45) is 2.53. The monoisotopic (exact) mass is 437 g/mol. The van der Waals surface area contributed by atoms with Gasteiger partial charge in [0, 0.05) is 29.0 Å². The minimum atomic E-state index is -4.04. The van der Waals surface area contributed by atoms with E-state index < -0.39 is 21.4 Å². The number of halogens is 2. The number of carbonyl (C=O) groups is 1. The molecule has 0 radical (unpaired) electrons. The number of rotatable bonds is 5. The average Bonchev–Trinajstić information content (AvgIpc) is 2.63. The van der Waals surface area contributed by atoms with Crippen LogP contribution < -0.4 is 10.3 Å². The second-order valence-corrected chi connectivity index (χ2v) is 8.36. The molecule has 0 aliphatic rings. The van der Waals surface area contributed by atoms with Gasteiger partial charge in [0.25, 0.3) is 10.0 Å². The van der Waals surface area contributed by atoms with E-state index in [9.17, 15) is 18.0 Å². The minimum absolute atomic E-state index is 0.0380. The van der Waals surface area contributed by atoms with Crippen molar-refractivity contribution in [2.45, 2.75) is 11.8 Å². The van der Waals surface area contributed by atoms with Crippen LogP contribution in [0.4, 0.5) is 5.69 Å². The first-order valence-corrected chi connectivity index (χ1v) is 10.1. The molecule has 0 saturated heterocycles. The number of benzene rings is 1. The molecule has 0 saturated carbocycles. The van der Waals surface area contributed by atoms with Gasteiger partial charge in [-0.05, 0) is 42.8 Å². The number of sulfonamides is 1. The summed E-state index contributed by atoms with van der Waals surface area (Å²) in [5.41, 5.74) is -0.136. The zero-order chi connectivity index (χ0) is 20.5. The van der Waals surface area contributed by atoms with Gasteiger partial charge in [-0.25, -0.2) is 13.4 Å². The Bertz CT molecular complexity index is 1240. The number of hydrogen-bond acceptors (Lipinski definition) is 5. The normalized spacial score (nSPS) is 11.2. The second kappa shape index (κ2) is 7.75. The lowest BCUT2D eigenvalue weighted by molar-refractivity contribution is 0.103. The van der Waals surface area contributed by atoms with Crippen molar-refractivity contribution in [2.24, 2.45) is 0 Å². The molecular weight excluding hydrogens is 425 g/mol. The van der Waals surface area contributed by atoms with Crippen LogP contribution >= 0.6 is 23.2 Å². The third-order valence-electron chi connectivity index (χ3n) is 3.79. The molecule has 2 aromatic heterocycles. The lowest BCUT2D eigenvalue weighted by Gasteiger charge is -2.12. The number of H-pyrrole nitrogens is 1. The number of hydrogen-bond donors (Lipinski definition) is 2. The molecule has 0 fully saturated rings. The lowest BCUT2D eigenvalue weighted by Crippen LogP contribution is -2.18. The summed E-state index contributed by atoms with van der Waals surface area (Å²) < 4.78 is 27.8. The number of carbonyl (C=O) groups excluding carboxylic acids is 1. The largest absolute Gasteiger partial charge is 0.329 e. The van der Waals surface area contributed by atoms with E-state index in [1.165, 1.54) is 42.7 Å². The van der Waals surface area contributed by atoms with Crippen LogP contribution in [0.2, 0.25) is 10.0 Å². The summed E-state index contributed by atoms with van der Waals surface area (Å²) in [6, 6.07) is 7.97. The lowest BCUT2D eigenvalue weighted by atomic mass is 10.1. The molecule has 0 atom stereocenters. The van der Waals surface area contributed by atoms with Crippen molar-refractivity contribution in [3.63, 3.8) is 0 Å². The summed E-state index contributed by atoms with van der Waals surface area (Å²) in [5, 5.41) is 0.556.